The SMILES string of the molecule is CC=C1CC2CCC(C1)N2c1cccc(C(F)(F)F)n1. The van der Waals surface area contributed by atoms with Gasteiger partial charge in [-0.2, -0.15) is 13.2 Å². The van der Waals surface area contributed by atoms with Crippen LogP contribution >= 0.6 is 0 Å². The molecular weight excluding hydrogens is 265 g/mol. The number of aromatic nitrogens is 1. The summed E-state index contributed by atoms with van der Waals surface area (Å²) in [6.45, 7) is 2.03. The van der Waals surface area contributed by atoms with Gasteiger partial charge in [0.2, 0.25) is 0 Å². The van der Waals surface area contributed by atoms with Crippen LogP contribution in [0, 0.1) is 0 Å². The zero-order chi connectivity index (χ0) is 14.3. The highest BCUT2D eigenvalue weighted by Gasteiger charge is 2.40. The van der Waals surface area contributed by atoms with Gasteiger partial charge in [0.1, 0.15) is 11.5 Å². The number of pyridine rings is 1. The Hall–Kier alpha value is -1.52. The second kappa shape index (κ2) is 4.79. The largest absolute Gasteiger partial charge is 0.433 e. The number of nitrogens with zero attached hydrogens (tertiary/aromatic N) is 2. The van der Waals surface area contributed by atoms with E-state index in [2.05, 4.69) is 16.0 Å². The van der Waals surface area contributed by atoms with Crippen LogP contribution < -0.4 is 4.90 Å². The maximum Gasteiger partial charge on any atom is 0.433 e. The van der Waals surface area contributed by atoms with Crippen molar-refractivity contribution in [2.45, 2.75) is 50.9 Å². The predicted molar refractivity (Wildman–Crippen MR) is 71.5 cm³/mol. The van der Waals surface area contributed by atoms with E-state index in [9.17, 15) is 13.2 Å². The summed E-state index contributed by atoms with van der Waals surface area (Å²) in [6.07, 6.45) is 1.75. The maximum absolute atomic E-state index is 12.8. The first-order valence-corrected chi connectivity index (χ1v) is 6.95. The third kappa shape index (κ3) is 2.30. The average molecular weight is 282 g/mol. The fourth-order valence-corrected chi connectivity index (χ4v) is 3.39. The number of anilines is 1. The average Bonchev–Trinajstić information content (AvgIpc) is 2.68. The zero-order valence-corrected chi connectivity index (χ0v) is 11.3. The monoisotopic (exact) mass is 282 g/mol. The Morgan fingerprint density at radius 3 is 2.40 bits per heavy atom. The molecule has 108 valence electrons. The molecule has 20 heavy (non-hydrogen) atoms. The van der Waals surface area contributed by atoms with Crippen LogP contribution in [0.3, 0.4) is 0 Å². The van der Waals surface area contributed by atoms with Gasteiger partial charge in [-0.05, 0) is 44.7 Å². The van der Waals surface area contributed by atoms with E-state index in [1.54, 1.807) is 6.07 Å². The summed E-state index contributed by atoms with van der Waals surface area (Å²) in [5.41, 5.74) is 0.618. The molecule has 1 aromatic rings. The van der Waals surface area contributed by atoms with Crippen molar-refractivity contribution in [2.24, 2.45) is 0 Å². The van der Waals surface area contributed by atoms with Crippen molar-refractivity contribution in [3.8, 4) is 0 Å². The Balaban J connectivity index is 1.91. The molecule has 0 saturated carbocycles. The Morgan fingerprint density at radius 2 is 1.85 bits per heavy atom. The number of hydrogen-bond acceptors (Lipinski definition) is 2. The first-order chi connectivity index (χ1) is 9.49. The normalized spacial score (nSPS) is 26.0. The van der Waals surface area contributed by atoms with Crippen molar-refractivity contribution in [3.05, 3.63) is 35.5 Å². The minimum atomic E-state index is -4.38. The second-order valence-electron chi connectivity index (χ2n) is 5.53. The molecule has 2 aliphatic rings. The van der Waals surface area contributed by atoms with Crippen LogP contribution in [0.4, 0.5) is 19.0 Å². The van der Waals surface area contributed by atoms with Crippen molar-refractivity contribution >= 4 is 5.82 Å². The zero-order valence-electron chi connectivity index (χ0n) is 11.3. The van der Waals surface area contributed by atoms with Gasteiger partial charge in [0.15, 0.2) is 0 Å². The Kier molecular flexibility index (Phi) is 3.22. The van der Waals surface area contributed by atoms with Crippen LogP contribution in [0.25, 0.3) is 0 Å². The molecule has 1 aromatic heterocycles. The molecule has 2 bridgehead atoms. The first-order valence-electron chi connectivity index (χ1n) is 6.95. The second-order valence-corrected chi connectivity index (χ2v) is 5.53. The molecule has 3 heterocycles. The molecule has 2 nitrogen and oxygen atoms in total. The van der Waals surface area contributed by atoms with Crippen LogP contribution in [0.1, 0.15) is 38.3 Å². The van der Waals surface area contributed by atoms with Gasteiger partial charge in [-0.3, -0.25) is 0 Å². The summed E-state index contributed by atoms with van der Waals surface area (Å²) in [5.74, 6) is 0.475. The number of fused-ring (bicyclic) bond motifs is 2. The fraction of sp³-hybridized carbons (Fsp3) is 0.533. The quantitative estimate of drug-likeness (QED) is 0.718. The highest BCUT2D eigenvalue weighted by molar-refractivity contribution is 5.46. The lowest BCUT2D eigenvalue weighted by molar-refractivity contribution is -0.141. The highest BCUT2D eigenvalue weighted by Crippen LogP contribution is 2.41. The number of alkyl halides is 3. The summed E-state index contributed by atoms with van der Waals surface area (Å²) >= 11 is 0. The minimum Gasteiger partial charge on any atom is -0.350 e. The van der Waals surface area contributed by atoms with Crippen molar-refractivity contribution < 1.29 is 13.2 Å². The van der Waals surface area contributed by atoms with Crippen LogP contribution in [-0.2, 0) is 6.18 Å². The predicted octanol–water partition coefficient (Wildman–Crippen LogP) is 4.18. The summed E-state index contributed by atoms with van der Waals surface area (Å²) in [4.78, 5) is 5.94. The van der Waals surface area contributed by atoms with Crippen molar-refractivity contribution in [3.63, 3.8) is 0 Å². The van der Waals surface area contributed by atoms with E-state index in [-0.39, 0.29) is 0 Å². The number of piperidine rings is 1. The molecular formula is C15H17F3N2. The van der Waals surface area contributed by atoms with Gasteiger partial charge in [-0.15, -0.1) is 0 Å². The molecule has 0 radical (unpaired) electrons. The van der Waals surface area contributed by atoms with Crippen molar-refractivity contribution in [1.82, 2.24) is 4.98 Å². The number of hydrogen-bond donors (Lipinski definition) is 0. The van der Waals surface area contributed by atoms with Crippen LogP contribution in [-0.4, -0.2) is 17.1 Å². The molecule has 2 atom stereocenters. The Labute approximate surface area is 116 Å². The summed E-state index contributed by atoms with van der Waals surface area (Å²) in [5, 5.41) is 0. The first kappa shape index (κ1) is 13.5. The summed E-state index contributed by atoms with van der Waals surface area (Å²) in [7, 11) is 0. The molecule has 0 N–H and O–H groups in total. The molecule has 0 spiro atoms. The van der Waals surface area contributed by atoms with Gasteiger partial charge in [-0.25, -0.2) is 4.98 Å². The van der Waals surface area contributed by atoms with Gasteiger partial charge in [0.05, 0.1) is 0 Å². The fourth-order valence-electron chi connectivity index (χ4n) is 3.39. The lowest BCUT2D eigenvalue weighted by Crippen LogP contribution is -2.41. The van der Waals surface area contributed by atoms with Gasteiger partial charge in [0, 0.05) is 12.1 Å². The lowest BCUT2D eigenvalue weighted by Gasteiger charge is -2.37. The van der Waals surface area contributed by atoms with Crippen LogP contribution in [0.2, 0.25) is 0 Å². The Bertz CT molecular complexity index is 520. The van der Waals surface area contributed by atoms with E-state index in [0.717, 1.165) is 31.7 Å². The smallest absolute Gasteiger partial charge is 0.350 e. The maximum atomic E-state index is 12.8. The molecule has 2 saturated heterocycles. The third-order valence-electron chi connectivity index (χ3n) is 4.31. The van der Waals surface area contributed by atoms with E-state index in [0.29, 0.717) is 17.9 Å². The van der Waals surface area contributed by atoms with Gasteiger partial charge in [-0.1, -0.05) is 17.7 Å². The molecule has 5 heteroatoms. The summed E-state index contributed by atoms with van der Waals surface area (Å²) in [6, 6.07) is 4.79. The van der Waals surface area contributed by atoms with E-state index >= 15 is 0 Å². The topological polar surface area (TPSA) is 16.1 Å². The van der Waals surface area contributed by atoms with Crippen molar-refractivity contribution in [1.29, 1.82) is 0 Å². The van der Waals surface area contributed by atoms with Crippen molar-refractivity contribution in [2.75, 3.05) is 4.90 Å². The molecule has 2 aliphatic heterocycles. The Morgan fingerprint density at radius 1 is 1.20 bits per heavy atom. The van der Waals surface area contributed by atoms with E-state index in [1.165, 1.54) is 11.6 Å². The molecule has 3 rings (SSSR count). The van der Waals surface area contributed by atoms with Crippen LogP contribution in [0.5, 0.6) is 0 Å². The third-order valence-corrected chi connectivity index (χ3v) is 4.31. The highest BCUT2D eigenvalue weighted by atomic mass is 19.4. The van der Waals surface area contributed by atoms with E-state index < -0.39 is 11.9 Å². The lowest BCUT2D eigenvalue weighted by atomic mass is 9.96. The van der Waals surface area contributed by atoms with E-state index in [4.69, 9.17) is 0 Å². The molecule has 0 amide bonds. The number of allylic oxidation sites excluding steroid dienone is 1. The van der Waals surface area contributed by atoms with E-state index in [1.807, 2.05) is 6.92 Å². The minimum absolute atomic E-state index is 0.302. The number of rotatable bonds is 1. The molecule has 2 unspecified atom stereocenters. The molecule has 0 aliphatic carbocycles. The summed E-state index contributed by atoms with van der Waals surface area (Å²) < 4.78 is 38.3. The molecule has 2 fully saturated rings. The van der Waals surface area contributed by atoms with Gasteiger partial charge >= 0.3 is 6.18 Å². The van der Waals surface area contributed by atoms with Gasteiger partial charge < -0.3 is 4.90 Å². The molecule has 0 aromatic carbocycles. The standard InChI is InChI=1S/C15H17F3N2/c1-2-10-8-11-6-7-12(9-10)20(11)14-5-3-4-13(19-14)15(16,17)18/h2-5,11-12H,6-9H2,1H3. The van der Waals surface area contributed by atoms with Crippen LogP contribution in [0.15, 0.2) is 29.8 Å². The van der Waals surface area contributed by atoms with Gasteiger partial charge in [0.25, 0.3) is 0 Å². The number of halogens is 3.